The van der Waals surface area contributed by atoms with E-state index in [1.165, 1.54) is 0 Å². The van der Waals surface area contributed by atoms with Crippen molar-refractivity contribution in [3.8, 4) is 33.5 Å². The van der Waals surface area contributed by atoms with Crippen LogP contribution in [0.25, 0.3) is 44.5 Å². The van der Waals surface area contributed by atoms with E-state index in [0.29, 0.717) is 12.5 Å². The highest BCUT2D eigenvalue weighted by Crippen LogP contribution is 2.50. The number of carbonyl (C=O) groups is 2. The fourth-order valence-electron chi connectivity index (χ4n) is 8.21. The van der Waals surface area contributed by atoms with Crippen molar-refractivity contribution < 1.29 is 19.1 Å². The summed E-state index contributed by atoms with van der Waals surface area (Å²) in [5.41, 5.74) is 7.19. The normalized spacial score (nSPS) is 21.7. The lowest BCUT2D eigenvalue weighted by Crippen LogP contribution is -2.43. The smallest absolute Gasteiger partial charge is 0.411 e. The Balaban J connectivity index is 0.954. The number of H-pyrrole nitrogens is 2. The third kappa shape index (κ3) is 6.66. The lowest BCUT2D eigenvalue weighted by Gasteiger charge is -2.35. The van der Waals surface area contributed by atoms with E-state index < -0.39 is 11.2 Å². The Hall–Kier alpha value is -5.12. The van der Waals surface area contributed by atoms with Crippen LogP contribution >= 0.6 is 0 Å². The Labute approximate surface area is 304 Å². The number of hydrogen-bond donors (Lipinski definition) is 2. The SMILES string of the molecule is CC(C)(C)OC(=O)N1CCC[C@H]1c1nc2ccc(-c3ccc(-c4ccc(-c5cnc([C@@H]6[C@H]7CC[C@H](C7)N6C(=O)OC(C)(C)C)[nH]5)cc4)cc3)cc2[nH]1. The van der Waals surface area contributed by atoms with Gasteiger partial charge < -0.3 is 19.4 Å². The maximum Gasteiger partial charge on any atom is 0.411 e. The van der Waals surface area contributed by atoms with Crippen molar-refractivity contribution in [2.75, 3.05) is 6.54 Å². The van der Waals surface area contributed by atoms with Crippen molar-refractivity contribution in [2.24, 2.45) is 5.92 Å². The highest BCUT2D eigenvalue weighted by Gasteiger charge is 2.51. The predicted octanol–water partition coefficient (Wildman–Crippen LogP) is 9.82. The second-order valence-corrected chi connectivity index (χ2v) is 16.6. The average Bonchev–Trinajstić information content (AvgIpc) is 3.94. The van der Waals surface area contributed by atoms with Crippen molar-refractivity contribution in [2.45, 2.75) is 103 Å². The molecule has 2 amide bonds. The molecule has 2 aliphatic heterocycles. The van der Waals surface area contributed by atoms with Gasteiger partial charge in [0, 0.05) is 12.6 Å². The van der Waals surface area contributed by atoms with E-state index >= 15 is 0 Å². The number of aromatic nitrogens is 4. The Morgan fingerprint density at radius 2 is 1.35 bits per heavy atom. The molecule has 0 unspecified atom stereocenters. The lowest BCUT2D eigenvalue weighted by atomic mass is 9.98. The van der Waals surface area contributed by atoms with Crippen LogP contribution < -0.4 is 0 Å². The van der Waals surface area contributed by atoms with Gasteiger partial charge in [0.15, 0.2) is 0 Å². The molecule has 8 rings (SSSR count). The molecule has 1 aliphatic carbocycles. The first-order valence-electron chi connectivity index (χ1n) is 18.6. The Kier molecular flexibility index (Phi) is 8.38. The Morgan fingerprint density at radius 1 is 0.731 bits per heavy atom. The van der Waals surface area contributed by atoms with Gasteiger partial charge in [-0.3, -0.25) is 9.80 Å². The van der Waals surface area contributed by atoms with E-state index in [2.05, 4.69) is 70.6 Å². The molecule has 2 bridgehead atoms. The van der Waals surface area contributed by atoms with Gasteiger partial charge in [0.05, 0.1) is 35.0 Å². The maximum absolute atomic E-state index is 13.2. The topological polar surface area (TPSA) is 116 Å². The molecule has 52 heavy (non-hydrogen) atoms. The average molecular weight is 701 g/mol. The zero-order chi connectivity index (χ0) is 36.4. The summed E-state index contributed by atoms with van der Waals surface area (Å²) >= 11 is 0. The number of amides is 2. The molecule has 3 fully saturated rings. The number of aromatic amines is 2. The highest BCUT2D eigenvalue weighted by atomic mass is 16.6. The fraction of sp³-hybridized carbons (Fsp3) is 0.429. The molecule has 0 spiro atoms. The van der Waals surface area contributed by atoms with Crippen molar-refractivity contribution in [1.29, 1.82) is 0 Å². The van der Waals surface area contributed by atoms with E-state index in [-0.39, 0.29) is 30.3 Å². The lowest BCUT2D eigenvalue weighted by molar-refractivity contribution is 0.00613. The molecule has 0 radical (unpaired) electrons. The quantitative estimate of drug-likeness (QED) is 0.189. The second kappa shape index (κ2) is 12.8. The van der Waals surface area contributed by atoms with Crippen LogP contribution in [0.5, 0.6) is 0 Å². The van der Waals surface area contributed by atoms with Gasteiger partial charge in [-0.1, -0.05) is 54.6 Å². The van der Waals surface area contributed by atoms with Crippen LogP contribution in [0.15, 0.2) is 72.9 Å². The highest BCUT2D eigenvalue weighted by molar-refractivity contribution is 5.83. The summed E-state index contributed by atoms with van der Waals surface area (Å²) in [6.45, 7) is 12.1. The number of nitrogens with one attached hydrogen (secondary N) is 2. The number of benzene rings is 3. The molecule has 2 aromatic heterocycles. The van der Waals surface area contributed by atoms with E-state index in [0.717, 1.165) is 88.3 Å². The molecule has 4 atom stereocenters. The minimum absolute atomic E-state index is 0.0852. The number of hydrogen-bond acceptors (Lipinski definition) is 6. The molecule has 270 valence electrons. The van der Waals surface area contributed by atoms with Crippen LogP contribution in [-0.4, -0.2) is 65.7 Å². The number of likely N-dealkylation sites (tertiary alicyclic amines) is 2. The molecule has 10 nitrogen and oxygen atoms in total. The summed E-state index contributed by atoms with van der Waals surface area (Å²) in [5, 5.41) is 0. The summed E-state index contributed by atoms with van der Waals surface area (Å²) in [7, 11) is 0. The maximum atomic E-state index is 13.2. The van der Waals surface area contributed by atoms with Crippen LogP contribution in [0.2, 0.25) is 0 Å². The van der Waals surface area contributed by atoms with Crippen LogP contribution in [-0.2, 0) is 9.47 Å². The van der Waals surface area contributed by atoms with Gasteiger partial charge in [0.25, 0.3) is 0 Å². The number of imidazole rings is 2. The molecular formula is C42H48N6O4. The van der Waals surface area contributed by atoms with E-state index in [1.807, 2.05) is 58.7 Å². The minimum Gasteiger partial charge on any atom is -0.444 e. The molecule has 2 saturated heterocycles. The summed E-state index contributed by atoms with van der Waals surface area (Å²) < 4.78 is 11.5. The van der Waals surface area contributed by atoms with Gasteiger partial charge in [0.1, 0.15) is 22.9 Å². The number of rotatable bonds is 5. The number of ether oxygens (including phenoxy) is 2. The van der Waals surface area contributed by atoms with Crippen LogP contribution in [0, 0.1) is 5.92 Å². The molecule has 3 aliphatic rings. The summed E-state index contributed by atoms with van der Waals surface area (Å²) in [4.78, 5) is 46.5. The van der Waals surface area contributed by atoms with Gasteiger partial charge in [-0.15, -0.1) is 0 Å². The van der Waals surface area contributed by atoms with Gasteiger partial charge in [-0.25, -0.2) is 19.6 Å². The monoisotopic (exact) mass is 700 g/mol. The number of piperidine rings is 1. The fourth-order valence-corrected chi connectivity index (χ4v) is 8.21. The zero-order valence-corrected chi connectivity index (χ0v) is 30.9. The Bertz CT molecular complexity index is 2100. The summed E-state index contributed by atoms with van der Waals surface area (Å²) in [6.07, 6.45) is 6.24. The van der Waals surface area contributed by atoms with Gasteiger partial charge >= 0.3 is 12.2 Å². The number of carbonyl (C=O) groups excluding carboxylic acids is 2. The van der Waals surface area contributed by atoms with E-state index in [1.54, 1.807) is 4.90 Å². The molecule has 2 N–H and O–H groups in total. The molecule has 5 aromatic rings. The first-order valence-corrected chi connectivity index (χ1v) is 18.6. The molecule has 3 aromatic carbocycles. The third-order valence-corrected chi connectivity index (χ3v) is 10.5. The summed E-state index contributed by atoms with van der Waals surface area (Å²) in [5.74, 6) is 2.03. The van der Waals surface area contributed by atoms with E-state index in [4.69, 9.17) is 19.4 Å². The predicted molar refractivity (Wildman–Crippen MR) is 201 cm³/mol. The minimum atomic E-state index is -0.541. The van der Waals surface area contributed by atoms with Crippen molar-refractivity contribution in [3.05, 3.63) is 84.6 Å². The zero-order valence-electron chi connectivity index (χ0n) is 30.9. The molecule has 4 heterocycles. The number of fused-ring (bicyclic) bond motifs is 3. The van der Waals surface area contributed by atoms with Gasteiger partial charge in [-0.2, -0.15) is 0 Å². The molecular weight excluding hydrogens is 652 g/mol. The van der Waals surface area contributed by atoms with Crippen molar-refractivity contribution in [3.63, 3.8) is 0 Å². The van der Waals surface area contributed by atoms with Crippen LogP contribution in [0.4, 0.5) is 9.59 Å². The van der Waals surface area contributed by atoms with Crippen molar-refractivity contribution in [1.82, 2.24) is 29.7 Å². The standard InChI is InChI=1S/C42H48N6O4/c1-41(2,3)51-39(49)47-21-7-8-35(47)37-44-32-20-18-29(23-33(32)45-37)27-11-9-25(10-12-27)26-13-15-28(16-14-26)34-24-43-38(46-34)36-30-17-19-31(22-30)48(36)40(50)52-42(4,5)6/h9-16,18,20,23-24,30-31,35-36H,7-8,17,19,21-22H2,1-6H3,(H,43,46)(H,44,45)/t30-,31+,35-,36-/m0/s1. The van der Waals surface area contributed by atoms with Crippen LogP contribution in [0.1, 0.15) is 97.4 Å². The Morgan fingerprint density at radius 3 is 2.02 bits per heavy atom. The third-order valence-electron chi connectivity index (χ3n) is 10.5. The van der Waals surface area contributed by atoms with E-state index in [9.17, 15) is 9.59 Å². The molecule has 10 heteroatoms. The number of nitrogens with zero attached hydrogens (tertiary/aromatic N) is 4. The van der Waals surface area contributed by atoms with Crippen molar-refractivity contribution >= 4 is 23.2 Å². The summed E-state index contributed by atoms with van der Waals surface area (Å²) in [6, 6.07) is 23.4. The first-order chi connectivity index (χ1) is 24.8. The second-order valence-electron chi connectivity index (χ2n) is 16.6. The van der Waals surface area contributed by atoms with Gasteiger partial charge in [0.2, 0.25) is 0 Å². The van der Waals surface area contributed by atoms with Gasteiger partial charge in [-0.05, 0) is 120 Å². The largest absolute Gasteiger partial charge is 0.444 e. The molecule has 1 saturated carbocycles. The van der Waals surface area contributed by atoms with Crippen LogP contribution in [0.3, 0.4) is 0 Å². The first kappa shape index (κ1) is 34.0.